The van der Waals surface area contributed by atoms with E-state index in [1.165, 1.54) is 41.5 Å². The molecule has 0 unspecified atom stereocenters. The molecule has 3 heteroatoms. The first-order valence-corrected chi connectivity index (χ1v) is 8.55. The molecule has 0 amide bonds. The van der Waals surface area contributed by atoms with E-state index in [1.807, 2.05) is 0 Å². The van der Waals surface area contributed by atoms with E-state index in [1.54, 1.807) is 0 Å². The van der Waals surface area contributed by atoms with Crippen LogP contribution in [0.5, 0.6) is 0 Å². The predicted molar refractivity (Wildman–Crippen MR) is 91.4 cm³/mol. The number of piperidine rings is 1. The third-order valence-electron chi connectivity index (χ3n) is 4.03. The second kappa shape index (κ2) is 6.95. The maximum Gasteiger partial charge on any atom is 0.0423 e. The van der Waals surface area contributed by atoms with Gasteiger partial charge in [-0.25, -0.2) is 0 Å². The predicted octanol–water partition coefficient (Wildman–Crippen LogP) is 4.58. The van der Waals surface area contributed by atoms with Crippen molar-refractivity contribution in [2.24, 2.45) is 5.41 Å². The summed E-state index contributed by atoms with van der Waals surface area (Å²) in [5, 5.41) is 3.53. The van der Waals surface area contributed by atoms with Crippen LogP contribution in [0.15, 0.2) is 22.7 Å². The summed E-state index contributed by atoms with van der Waals surface area (Å²) in [5.74, 6) is 0. The maximum atomic E-state index is 3.63. The van der Waals surface area contributed by atoms with Crippen LogP contribution in [0.1, 0.15) is 45.6 Å². The fourth-order valence-corrected chi connectivity index (χ4v) is 3.36. The highest BCUT2D eigenvalue weighted by Gasteiger charge is 2.27. The Morgan fingerprint density at radius 2 is 2.15 bits per heavy atom. The SMILES string of the molecule is CCCNCc1ccc(Br)cc1N1CCCC(C)(C)C1. The van der Waals surface area contributed by atoms with E-state index >= 15 is 0 Å². The highest BCUT2D eigenvalue weighted by Crippen LogP contribution is 2.34. The van der Waals surface area contributed by atoms with Crippen LogP contribution < -0.4 is 10.2 Å². The standard InChI is InChI=1S/C17H27BrN2/c1-4-9-19-12-14-6-7-15(18)11-16(14)20-10-5-8-17(2,3)13-20/h6-7,11,19H,4-5,8-10,12-13H2,1-3H3. The lowest BCUT2D eigenvalue weighted by molar-refractivity contribution is 0.293. The van der Waals surface area contributed by atoms with Gasteiger partial charge in [0.1, 0.15) is 0 Å². The van der Waals surface area contributed by atoms with Gasteiger partial charge in [-0.15, -0.1) is 0 Å². The van der Waals surface area contributed by atoms with Gasteiger partial charge in [0.05, 0.1) is 0 Å². The van der Waals surface area contributed by atoms with Gasteiger partial charge in [0.15, 0.2) is 0 Å². The van der Waals surface area contributed by atoms with Crippen LogP contribution in [0.2, 0.25) is 0 Å². The molecule has 1 saturated heterocycles. The molecule has 1 fully saturated rings. The van der Waals surface area contributed by atoms with Crippen LogP contribution >= 0.6 is 15.9 Å². The summed E-state index contributed by atoms with van der Waals surface area (Å²) < 4.78 is 1.18. The van der Waals surface area contributed by atoms with E-state index in [-0.39, 0.29) is 0 Å². The van der Waals surface area contributed by atoms with Crippen molar-refractivity contribution in [3.63, 3.8) is 0 Å². The normalized spacial score (nSPS) is 18.3. The zero-order valence-electron chi connectivity index (χ0n) is 13.0. The third-order valence-corrected chi connectivity index (χ3v) is 4.52. The second-order valence-corrected chi connectivity index (χ2v) is 7.55. The minimum absolute atomic E-state index is 0.425. The number of hydrogen-bond donors (Lipinski definition) is 1. The molecular formula is C17H27BrN2. The first kappa shape index (κ1) is 15.8. The van der Waals surface area contributed by atoms with Gasteiger partial charge >= 0.3 is 0 Å². The van der Waals surface area contributed by atoms with Gasteiger partial charge in [0, 0.05) is 29.8 Å². The van der Waals surface area contributed by atoms with Gasteiger partial charge < -0.3 is 10.2 Å². The van der Waals surface area contributed by atoms with Crippen LogP contribution in [0.4, 0.5) is 5.69 Å². The van der Waals surface area contributed by atoms with E-state index in [0.717, 1.165) is 19.6 Å². The van der Waals surface area contributed by atoms with Crippen LogP contribution in [0.25, 0.3) is 0 Å². The van der Waals surface area contributed by atoms with E-state index in [9.17, 15) is 0 Å². The largest absolute Gasteiger partial charge is 0.371 e. The summed E-state index contributed by atoms with van der Waals surface area (Å²) in [6.45, 7) is 11.4. The van der Waals surface area contributed by atoms with Crippen LogP contribution in [-0.4, -0.2) is 19.6 Å². The van der Waals surface area contributed by atoms with Gasteiger partial charge in [-0.1, -0.05) is 42.8 Å². The molecule has 2 rings (SSSR count). The number of rotatable bonds is 5. The molecule has 1 aliphatic heterocycles. The van der Waals surface area contributed by atoms with Crippen molar-refractivity contribution in [3.8, 4) is 0 Å². The minimum atomic E-state index is 0.425. The zero-order chi connectivity index (χ0) is 14.6. The average Bonchev–Trinajstić information content (AvgIpc) is 2.39. The quantitative estimate of drug-likeness (QED) is 0.790. The topological polar surface area (TPSA) is 15.3 Å². The first-order valence-electron chi connectivity index (χ1n) is 7.76. The van der Waals surface area contributed by atoms with Crippen molar-refractivity contribution in [1.29, 1.82) is 0 Å². The molecule has 1 aromatic rings. The van der Waals surface area contributed by atoms with Crippen molar-refractivity contribution in [3.05, 3.63) is 28.2 Å². The molecule has 2 nitrogen and oxygen atoms in total. The smallest absolute Gasteiger partial charge is 0.0423 e. The number of benzene rings is 1. The molecule has 1 heterocycles. The molecule has 0 aliphatic carbocycles. The number of anilines is 1. The molecule has 0 aromatic heterocycles. The van der Waals surface area contributed by atoms with E-state index in [2.05, 4.69) is 65.1 Å². The molecule has 0 bridgehead atoms. The molecule has 112 valence electrons. The Morgan fingerprint density at radius 1 is 1.35 bits per heavy atom. The minimum Gasteiger partial charge on any atom is -0.371 e. The molecule has 1 aliphatic rings. The van der Waals surface area contributed by atoms with Crippen LogP contribution in [-0.2, 0) is 6.54 Å². The number of nitrogens with one attached hydrogen (secondary N) is 1. The lowest BCUT2D eigenvalue weighted by Crippen LogP contribution is -2.40. The summed E-state index contributed by atoms with van der Waals surface area (Å²) in [6.07, 6.45) is 3.81. The number of halogens is 1. The summed E-state index contributed by atoms with van der Waals surface area (Å²) in [4.78, 5) is 2.57. The Morgan fingerprint density at radius 3 is 2.85 bits per heavy atom. The number of nitrogens with zero attached hydrogens (tertiary/aromatic N) is 1. The Bertz CT molecular complexity index is 443. The monoisotopic (exact) mass is 338 g/mol. The molecule has 1 N–H and O–H groups in total. The number of hydrogen-bond acceptors (Lipinski definition) is 2. The molecule has 0 spiro atoms. The third kappa shape index (κ3) is 4.23. The lowest BCUT2D eigenvalue weighted by atomic mass is 9.84. The van der Waals surface area contributed by atoms with Crippen molar-refractivity contribution in [1.82, 2.24) is 5.32 Å². The Hall–Kier alpha value is -0.540. The Balaban J connectivity index is 2.17. The van der Waals surface area contributed by atoms with Gasteiger partial charge in [0.25, 0.3) is 0 Å². The highest BCUT2D eigenvalue weighted by molar-refractivity contribution is 9.10. The van der Waals surface area contributed by atoms with Gasteiger partial charge in [-0.3, -0.25) is 0 Å². The molecular weight excluding hydrogens is 312 g/mol. The fraction of sp³-hybridized carbons (Fsp3) is 0.647. The summed E-state index contributed by atoms with van der Waals surface area (Å²) in [7, 11) is 0. The van der Waals surface area contributed by atoms with Crippen LogP contribution in [0.3, 0.4) is 0 Å². The van der Waals surface area contributed by atoms with E-state index in [0.29, 0.717) is 5.41 Å². The van der Waals surface area contributed by atoms with Gasteiger partial charge in [-0.2, -0.15) is 0 Å². The lowest BCUT2D eigenvalue weighted by Gasteiger charge is -2.40. The van der Waals surface area contributed by atoms with Gasteiger partial charge in [-0.05, 0) is 48.9 Å². The average molecular weight is 339 g/mol. The fourth-order valence-electron chi connectivity index (χ4n) is 3.01. The summed E-state index contributed by atoms with van der Waals surface area (Å²) >= 11 is 3.63. The van der Waals surface area contributed by atoms with Crippen molar-refractivity contribution in [2.75, 3.05) is 24.5 Å². The van der Waals surface area contributed by atoms with Crippen molar-refractivity contribution in [2.45, 2.75) is 46.6 Å². The van der Waals surface area contributed by atoms with Crippen molar-refractivity contribution < 1.29 is 0 Å². The second-order valence-electron chi connectivity index (χ2n) is 6.64. The Kier molecular flexibility index (Phi) is 5.50. The summed E-state index contributed by atoms with van der Waals surface area (Å²) in [6, 6.07) is 6.69. The molecule has 1 aromatic carbocycles. The molecule has 0 atom stereocenters. The maximum absolute atomic E-state index is 3.63. The zero-order valence-corrected chi connectivity index (χ0v) is 14.6. The first-order chi connectivity index (χ1) is 9.52. The molecule has 0 saturated carbocycles. The summed E-state index contributed by atoms with van der Waals surface area (Å²) in [5.41, 5.74) is 3.24. The molecule has 0 radical (unpaired) electrons. The van der Waals surface area contributed by atoms with Crippen LogP contribution in [0, 0.1) is 5.41 Å². The highest BCUT2D eigenvalue weighted by atomic mass is 79.9. The Labute approximate surface area is 132 Å². The van der Waals surface area contributed by atoms with E-state index in [4.69, 9.17) is 0 Å². The van der Waals surface area contributed by atoms with Gasteiger partial charge in [0.2, 0.25) is 0 Å². The van der Waals surface area contributed by atoms with E-state index < -0.39 is 0 Å². The molecule has 20 heavy (non-hydrogen) atoms. The van der Waals surface area contributed by atoms with Crippen molar-refractivity contribution >= 4 is 21.6 Å².